The molecule has 3 aromatic rings. The van der Waals surface area contributed by atoms with Gasteiger partial charge in [0.25, 0.3) is 0 Å². The molecule has 31 heavy (non-hydrogen) atoms. The van der Waals surface area contributed by atoms with Gasteiger partial charge >= 0.3 is 0 Å². The maximum absolute atomic E-state index is 14.0. The third kappa shape index (κ3) is 3.47. The highest BCUT2D eigenvalue weighted by atomic mass is 35.5. The average Bonchev–Trinajstić information content (AvgIpc) is 3.24. The van der Waals surface area contributed by atoms with E-state index in [0.717, 1.165) is 22.6 Å². The molecule has 0 fully saturated rings. The van der Waals surface area contributed by atoms with Crippen molar-refractivity contribution in [3.8, 4) is 17.2 Å². The fraction of sp³-hybridized carbons (Fsp3) is 0.208. The summed E-state index contributed by atoms with van der Waals surface area (Å²) in [6, 6.07) is 17.6. The summed E-state index contributed by atoms with van der Waals surface area (Å²) in [6.07, 6.45) is 0.102. The second-order valence-corrected chi connectivity index (χ2v) is 7.86. The zero-order valence-corrected chi connectivity index (χ0v) is 17.8. The highest BCUT2D eigenvalue weighted by Gasteiger charge is 2.41. The van der Waals surface area contributed by atoms with Gasteiger partial charge in [0, 0.05) is 28.1 Å². The zero-order valence-electron chi connectivity index (χ0n) is 17.0. The number of rotatable bonds is 4. The number of hydrogen-bond acceptors (Lipinski definition) is 5. The minimum atomic E-state index is -0.549. The molecule has 0 N–H and O–H groups in total. The molecular formula is C24H20ClFN2O3. The Balaban J connectivity index is 1.59. The normalized spacial score (nSPS) is 19.2. The van der Waals surface area contributed by atoms with E-state index in [1.54, 1.807) is 26.4 Å². The Morgan fingerprint density at radius 3 is 2.65 bits per heavy atom. The van der Waals surface area contributed by atoms with Crippen molar-refractivity contribution in [3.63, 3.8) is 0 Å². The van der Waals surface area contributed by atoms with Crippen molar-refractivity contribution in [2.45, 2.75) is 18.7 Å². The van der Waals surface area contributed by atoms with Crippen molar-refractivity contribution in [2.24, 2.45) is 5.10 Å². The monoisotopic (exact) mass is 438 g/mol. The summed E-state index contributed by atoms with van der Waals surface area (Å²) in [5, 5.41) is 7.41. The molecule has 0 amide bonds. The van der Waals surface area contributed by atoms with Gasteiger partial charge in [-0.05, 0) is 48.5 Å². The number of hydrazone groups is 1. The van der Waals surface area contributed by atoms with Gasteiger partial charge in [-0.15, -0.1) is 0 Å². The number of benzene rings is 3. The number of fused-ring (bicyclic) bond motifs is 3. The second-order valence-electron chi connectivity index (χ2n) is 7.42. The van der Waals surface area contributed by atoms with Crippen LogP contribution in [0.2, 0.25) is 5.02 Å². The van der Waals surface area contributed by atoms with Gasteiger partial charge in [0.1, 0.15) is 11.6 Å². The lowest BCUT2D eigenvalue weighted by molar-refractivity contribution is -0.0192. The van der Waals surface area contributed by atoms with Crippen LogP contribution in [0.15, 0.2) is 65.8 Å². The van der Waals surface area contributed by atoms with Crippen LogP contribution in [0, 0.1) is 5.82 Å². The first-order valence-electron chi connectivity index (χ1n) is 9.87. The van der Waals surface area contributed by atoms with E-state index in [9.17, 15) is 4.39 Å². The molecule has 0 radical (unpaired) electrons. The fourth-order valence-corrected chi connectivity index (χ4v) is 4.31. The molecule has 3 aromatic carbocycles. The lowest BCUT2D eigenvalue weighted by Crippen LogP contribution is -2.33. The van der Waals surface area contributed by atoms with Gasteiger partial charge < -0.3 is 14.2 Å². The largest absolute Gasteiger partial charge is 0.493 e. The van der Waals surface area contributed by atoms with Crippen LogP contribution in [0.4, 0.5) is 4.39 Å². The van der Waals surface area contributed by atoms with Gasteiger partial charge in [0.15, 0.2) is 11.5 Å². The molecule has 5 nitrogen and oxygen atoms in total. The Labute approximate surface area is 184 Å². The maximum Gasteiger partial charge on any atom is 0.213 e. The standard InChI is InChI=1S/C24H20ClFN2O3/c1-29-22-8-6-14(11-23(22)30-2)19-13-20-18-12-16(25)7-9-21(18)31-24(28(20)27-19)15-4-3-5-17(26)10-15/h3-12,20,24H,13H2,1-2H3/t20-,24+/m1/s1. The molecule has 0 aromatic heterocycles. The number of methoxy groups -OCH3 is 2. The molecular weight excluding hydrogens is 419 g/mol. The molecule has 0 spiro atoms. The highest BCUT2D eigenvalue weighted by molar-refractivity contribution is 6.30. The van der Waals surface area contributed by atoms with Crippen LogP contribution in [0.5, 0.6) is 17.2 Å². The van der Waals surface area contributed by atoms with Crippen molar-refractivity contribution in [2.75, 3.05) is 14.2 Å². The van der Waals surface area contributed by atoms with Crippen molar-refractivity contribution in [1.82, 2.24) is 5.01 Å². The van der Waals surface area contributed by atoms with Gasteiger partial charge in [-0.1, -0.05) is 23.7 Å². The molecule has 0 unspecified atom stereocenters. The van der Waals surface area contributed by atoms with E-state index in [-0.39, 0.29) is 11.9 Å². The van der Waals surface area contributed by atoms with E-state index in [0.29, 0.717) is 28.5 Å². The molecule has 5 rings (SSSR count). The molecule has 0 aliphatic carbocycles. The predicted molar refractivity (Wildman–Crippen MR) is 117 cm³/mol. The molecule has 2 atom stereocenters. The van der Waals surface area contributed by atoms with Crippen molar-refractivity contribution < 1.29 is 18.6 Å². The van der Waals surface area contributed by atoms with Crippen LogP contribution < -0.4 is 14.2 Å². The zero-order chi connectivity index (χ0) is 21.5. The van der Waals surface area contributed by atoms with Crippen LogP contribution in [-0.4, -0.2) is 24.9 Å². The second kappa shape index (κ2) is 7.78. The third-order valence-electron chi connectivity index (χ3n) is 5.60. The van der Waals surface area contributed by atoms with Crippen molar-refractivity contribution in [3.05, 3.63) is 88.2 Å². The topological polar surface area (TPSA) is 43.3 Å². The number of nitrogens with zero attached hydrogens (tertiary/aromatic N) is 2. The smallest absolute Gasteiger partial charge is 0.213 e. The lowest BCUT2D eigenvalue weighted by atomic mass is 9.95. The van der Waals surface area contributed by atoms with Crippen LogP contribution in [-0.2, 0) is 0 Å². The highest BCUT2D eigenvalue weighted by Crippen LogP contribution is 2.48. The first kappa shape index (κ1) is 19.7. The Morgan fingerprint density at radius 1 is 1.03 bits per heavy atom. The van der Waals surface area contributed by atoms with Crippen LogP contribution in [0.3, 0.4) is 0 Å². The molecule has 0 saturated heterocycles. The Kier molecular flexibility index (Phi) is 4.94. The molecule has 0 bridgehead atoms. The van der Waals surface area contributed by atoms with Gasteiger partial charge in [-0.25, -0.2) is 9.40 Å². The van der Waals surface area contributed by atoms with E-state index in [1.807, 2.05) is 41.4 Å². The summed E-state index contributed by atoms with van der Waals surface area (Å²) in [5.41, 5.74) is 3.46. The van der Waals surface area contributed by atoms with Gasteiger partial charge in [0.2, 0.25) is 6.23 Å². The SMILES string of the molecule is COc1ccc(C2=NN3[C@H](C2)c2cc(Cl)ccc2O[C@H]3c2cccc(F)c2)cc1OC. The third-order valence-corrected chi connectivity index (χ3v) is 5.84. The Morgan fingerprint density at radius 2 is 1.87 bits per heavy atom. The summed E-state index contributed by atoms with van der Waals surface area (Å²) in [6.45, 7) is 0. The quantitative estimate of drug-likeness (QED) is 0.521. The molecule has 2 aliphatic rings. The number of ether oxygens (including phenoxy) is 3. The van der Waals surface area contributed by atoms with E-state index >= 15 is 0 Å². The molecule has 158 valence electrons. The van der Waals surface area contributed by atoms with Crippen LogP contribution in [0.25, 0.3) is 0 Å². The first-order valence-corrected chi connectivity index (χ1v) is 10.2. The average molecular weight is 439 g/mol. The van der Waals surface area contributed by atoms with Gasteiger partial charge in [-0.3, -0.25) is 0 Å². The lowest BCUT2D eigenvalue weighted by Gasteiger charge is -2.38. The van der Waals surface area contributed by atoms with Crippen LogP contribution >= 0.6 is 11.6 Å². The Hall–Kier alpha value is -3.25. The summed E-state index contributed by atoms with van der Waals surface area (Å²) in [5.74, 6) is 1.70. The van der Waals surface area contributed by atoms with Gasteiger partial charge in [-0.2, -0.15) is 5.10 Å². The maximum atomic E-state index is 14.0. The number of hydrogen-bond donors (Lipinski definition) is 0. The van der Waals surface area contributed by atoms with Crippen molar-refractivity contribution >= 4 is 17.3 Å². The van der Waals surface area contributed by atoms with Crippen LogP contribution in [0.1, 0.15) is 35.4 Å². The van der Waals surface area contributed by atoms with E-state index in [2.05, 4.69) is 0 Å². The number of halogens is 2. The van der Waals surface area contributed by atoms with Gasteiger partial charge in [0.05, 0.1) is 26.0 Å². The Bertz CT molecular complexity index is 1180. The van der Waals surface area contributed by atoms with E-state index < -0.39 is 6.23 Å². The molecule has 7 heteroatoms. The minimum absolute atomic E-state index is 0.0844. The summed E-state index contributed by atoms with van der Waals surface area (Å²) in [4.78, 5) is 0. The molecule has 2 heterocycles. The summed E-state index contributed by atoms with van der Waals surface area (Å²) < 4.78 is 31.0. The molecule has 0 saturated carbocycles. The fourth-order valence-electron chi connectivity index (χ4n) is 4.13. The minimum Gasteiger partial charge on any atom is -0.493 e. The predicted octanol–water partition coefficient (Wildman–Crippen LogP) is 5.74. The van der Waals surface area contributed by atoms with E-state index in [1.165, 1.54) is 12.1 Å². The molecule has 2 aliphatic heterocycles. The van der Waals surface area contributed by atoms with E-state index in [4.69, 9.17) is 30.9 Å². The summed E-state index contributed by atoms with van der Waals surface area (Å²) >= 11 is 6.28. The van der Waals surface area contributed by atoms with Crippen molar-refractivity contribution in [1.29, 1.82) is 0 Å². The first-order chi connectivity index (χ1) is 15.1. The summed E-state index contributed by atoms with van der Waals surface area (Å²) in [7, 11) is 3.21.